The topological polar surface area (TPSA) is 77.0 Å². The summed E-state index contributed by atoms with van der Waals surface area (Å²) in [6.45, 7) is 0. The van der Waals surface area contributed by atoms with Gasteiger partial charge in [-0.2, -0.15) is 4.80 Å². The third-order valence-corrected chi connectivity index (χ3v) is 2.49. The Morgan fingerprint density at radius 2 is 1.65 bits per heavy atom. The van der Waals surface area contributed by atoms with Gasteiger partial charge in [-0.05, 0) is 42.5 Å². The Morgan fingerprint density at radius 1 is 0.941 bits per heavy atom. The molecule has 0 bridgehead atoms. The molecule has 5 heteroatoms. The molecule has 0 saturated carbocycles. The Morgan fingerprint density at radius 3 is 2.41 bits per heavy atom. The molecular formula is C12H10N4O. The second-order valence-corrected chi connectivity index (χ2v) is 3.75. The van der Waals surface area contributed by atoms with Crippen LogP contribution in [0, 0.1) is 0 Å². The van der Waals surface area contributed by atoms with E-state index >= 15 is 0 Å². The second kappa shape index (κ2) is 3.48. The van der Waals surface area contributed by atoms with Gasteiger partial charge in [0.05, 0.1) is 5.69 Å². The number of nitrogens with zero attached hydrogens (tertiary/aromatic N) is 3. The summed E-state index contributed by atoms with van der Waals surface area (Å²) in [5, 5.41) is 17.9. The number of benzene rings is 2. The number of nitrogens with two attached hydrogens (primary N) is 1. The number of hydrogen-bond donors (Lipinski definition) is 2. The van der Waals surface area contributed by atoms with Crippen molar-refractivity contribution >= 4 is 16.7 Å². The van der Waals surface area contributed by atoms with E-state index in [4.69, 9.17) is 5.73 Å². The van der Waals surface area contributed by atoms with Crippen LogP contribution in [0.5, 0.6) is 5.75 Å². The van der Waals surface area contributed by atoms with Gasteiger partial charge >= 0.3 is 0 Å². The quantitative estimate of drug-likeness (QED) is 0.619. The van der Waals surface area contributed by atoms with Crippen molar-refractivity contribution < 1.29 is 5.11 Å². The SMILES string of the molecule is Nc1ccc2nn(-c3ccc(O)cc3)nc2c1. The molecule has 0 unspecified atom stereocenters. The van der Waals surface area contributed by atoms with Gasteiger partial charge in [0.1, 0.15) is 16.8 Å². The zero-order valence-electron chi connectivity index (χ0n) is 8.91. The van der Waals surface area contributed by atoms with E-state index in [1.54, 1.807) is 36.4 Å². The number of aromatic hydroxyl groups is 1. The van der Waals surface area contributed by atoms with Crippen molar-refractivity contribution in [2.75, 3.05) is 5.73 Å². The minimum absolute atomic E-state index is 0.217. The van der Waals surface area contributed by atoms with Gasteiger partial charge in [0.25, 0.3) is 0 Å². The number of fused-ring (bicyclic) bond motifs is 1. The summed E-state index contributed by atoms with van der Waals surface area (Å²) in [6, 6.07) is 12.1. The Balaban J connectivity index is 2.14. The van der Waals surface area contributed by atoms with Gasteiger partial charge < -0.3 is 10.8 Å². The summed E-state index contributed by atoms with van der Waals surface area (Å²) in [6.07, 6.45) is 0. The highest BCUT2D eigenvalue weighted by molar-refractivity contribution is 5.77. The van der Waals surface area contributed by atoms with Crippen molar-refractivity contribution in [1.29, 1.82) is 0 Å². The molecule has 0 fully saturated rings. The monoisotopic (exact) mass is 226 g/mol. The van der Waals surface area contributed by atoms with Crippen molar-refractivity contribution in [3.8, 4) is 11.4 Å². The molecule has 0 amide bonds. The lowest BCUT2D eigenvalue weighted by Gasteiger charge is -1.98. The third kappa shape index (κ3) is 1.67. The summed E-state index contributed by atoms with van der Waals surface area (Å²) in [5.74, 6) is 0.217. The van der Waals surface area contributed by atoms with E-state index in [-0.39, 0.29) is 5.75 Å². The summed E-state index contributed by atoms with van der Waals surface area (Å²) < 4.78 is 0. The number of hydrogen-bond acceptors (Lipinski definition) is 4. The van der Waals surface area contributed by atoms with E-state index in [0.717, 1.165) is 16.7 Å². The van der Waals surface area contributed by atoms with Gasteiger partial charge in [0.15, 0.2) is 0 Å². The number of anilines is 1. The van der Waals surface area contributed by atoms with Gasteiger partial charge in [-0.15, -0.1) is 10.2 Å². The highest BCUT2D eigenvalue weighted by Gasteiger charge is 2.04. The standard InChI is InChI=1S/C12H10N4O/c13-8-1-6-11-12(7-8)15-16(14-11)9-2-4-10(17)5-3-9/h1-7,17H,13H2. The predicted molar refractivity (Wildman–Crippen MR) is 64.9 cm³/mol. The first kappa shape index (κ1) is 9.65. The molecule has 0 spiro atoms. The largest absolute Gasteiger partial charge is 0.508 e. The van der Waals surface area contributed by atoms with E-state index in [0.29, 0.717) is 5.69 Å². The van der Waals surface area contributed by atoms with E-state index in [1.165, 1.54) is 4.80 Å². The number of aromatic nitrogens is 3. The zero-order valence-corrected chi connectivity index (χ0v) is 8.91. The summed E-state index contributed by atoms with van der Waals surface area (Å²) in [5.41, 5.74) is 8.67. The minimum atomic E-state index is 0.217. The van der Waals surface area contributed by atoms with Crippen LogP contribution < -0.4 is 5.73 Å². The molecule has 0 aliphatic rings. The Labute approximate surface area is 97.1 Å². The third-order valence-electron chi connectivity index (χ3n) is 2.49. The van der Waals surface area contributed by atoms with Crippen LogP contribution in [0.3, 0.4) is 0 Å². The Kier molecular flexibility index (Phi) is 1.98. The normalized spacial score (nSPS) is 10.8. The number of phenolic OH excluding ortho intramolecular Hbond substituents is 1. The predicted octanol–water partition coefficient (Wildman–Crippen LogP) is 1.71. The van der Waals surface area contributed by atoms with Crippen LogP contribution in [-0.2, 0) is 0 Å². The van der Waals surface area contributed by atoms with Gasteiger partial charge in [0, 0.05) is 5.69 Å². The molecule has 84 valence electrons. The molecule has 3 N–H and O–H groups in total. The van der Waals surface area contributed by atoms with E-state index < -0.39 is 0 Å². The lowest BCUT2D eigenvalue weighted by atomic mass is 10.3. The fraction of sp³-hybridized carbons (Fsp3) is 0. The maximum Gasteiger partial charge on any atom is 0.115 e. The summed E-state index contributed by atoms with van der Waals surface area (Å²) in [4.78, 5) is 1.52. The lowest BCUT2D eigenvalue weighted by Crippen LogP contribution is -1.97. The maximum atomic E-state index is 9.21. The average molecular weight is 226 g/mol. The van der Waals surface area contributed by atoms with Crippen LogP contribution in [0.2, 0.25) is 0 Å². The van der Waals surface area contributed by atoms with Crippen LogP contribution in [0.25, 0.3) is 16.7 Å². The first-order chi connectivity index (χ1) is 8.22. The van der Waals surface area contributed by atoms with Crippen molar-refractivity contribution in [1.82, 2.24) is 15.0 Å². The number of rotatable bonds is 1. The molecule has 17 heavy (non-hydrogen) atoms. The molecule has 1 heterocycles. The van der Waals surface area contributed by atoms with Crippen LogP contribution in [-0.4, -0.2) is 20.1 Å². The Hall–Kier alpha value is -2.56. The average Bonchev–Trinajstić information content (AvgIpc) is 2.72. The molecule has 3 rings (SSSR count). The van der Waals surface area contributed by atoms with Gasteiger partial charge in [-0.1, -0.05) is 0 Å². The van der Waals surface area contributed by atoms with E-state index in [9.17, 15) is 5.11 Å². The molecule has 0 saturated heterocycles. The number of nitrogen functional groups attached to an aromatic ring is 1. The summed E-state index contributed by atoms with van der Waals surface area (Å²) in [7, 11) is 0. The molecule has 0 aliphatic heterocycles. The van der Waals surface area contributed by atoms with Crippen molar-refractivity contribution in [2.45, 2.75) is 0 Å². The molecule has 3 aromatic rings. The molecule has 5 nitrogen and oxygen atoms in total. The maximum absolute atomic E-state index is 9.21. The van der Waals surface area contributed by atoms with Gasteiger partial charge in [-0.3, -0.25) is 0 Å². The fourth-order valence-electron chi connectivity index (χ4n) is 1.63. The highest BCUT2D eigenvalue weighted by Crippen LogP contribution is 2.16. The number of phenols is 1. The van der Waals surface area contributed by atoms with Gasteiger partial charge in [0.2, 0.25) is 0 Å². The molecule has 0 aliphatic carbocycles. The van der Waals surface area contributed by atoms with Crippen LogP contribution >= 0.6 is 0 Å². The fourth-order valence-corrected chi connectivity index (χ4v) is 1.63. The van der Waals surface area contributed by atoms with Crippen LogP contribution in [0.1, 0.15) is 0 Å². The second-order valence-electron chi connectivity index (χ2n) is 3.75. The van der Waals surface area contributed by atoms with Crippen molar-refractivity contribution in [3.05, 3.63) is 42.5 Å². The van der Waals surface area contributed by atoms with Crippen LogP contribution in [0.4, 0.5) is 5.69 Å². The first-order valence-electron chi connectivity index (χ1n) is 5.14. The minimum Gasteiger partial charge on any atom is -0.508 e. The van der Waals surface area contributed by atoms with Crippen molar-refractivity contribution in [2.24, 2.45) is 0 Å². The van der Waals surface area contributed by atoms with Crippen LogP contribution in [0.15, 0.2) is 42.5 Å². The smallest absolute Gasteiger partial charge is 0.115 e. The molecular weight excluding hydrogens is 216 g/mol. The zero-order chi connectivity index (χ0) is 11.8. The molecule has 2 aromatic carbocycles. The Bertz CT molecular complexity index is 673. The van der Waals surface area contributed by atoms with Gasteiger partial charge in [-0.25, -0.2) is 0 Å². The molecule has 0 atom stereocenters. The van der Waals surface area contributed by atoms with E-state index in [2.05, 4.69) is 10.2 Å². The summed E-state index contributed by atoms with van der Waals surface area (Å²) >= 11 is 0. The van der Waals surface area contributed by atoms with E-state index in [1.807, 2.05) is 6.07 Å². The molecule has 1 aromatic heterocycles. The first-order valence-corrected chi connectivity index (χ1v) is 5.14. The highest BCUT2D eigenvalue weighted by atomic mass is 16.3. The van der Waals surface area contributed by atoms with Crippen molar-refractivity contribution in [3.63, 3.8) is 0 Å². The lowest BCUT2D eigenvalue weighted by molar-refractivity contribution is 0.475. The molecule has 0 radical (unpaired) electrons.